The van der Waals surface area contributed by atoms with E-state index in [0.29, 0.717) is 5.69 Å². The van der Waals surface area contributed by atoms with Gasteiger partial charge in [0.1, 0.15) is 5.82 Å². The molecule has 0 aliphatic carbocycles. The van der Waals surface area contributed by atoms with E-state index in [1.54, 1.807) is 0 Å². The van der Waals surface area contributed by atoms with Gasteiger partial charge in [-0.3, -0.25) is 4.79 Å². The molecule has 0 aliphatic heterocycles. The first-order chi connectivity index (χ1) is 9.47. The molecule has 4 nitrogen and oxygen atoms in total. The first-order valence-corrected chi connectivity index (χ1v) is 6.66. The Morgan fingerprint density at radius 1 is 1.10 bits per heavy atom. The van der Waals surface area contributed by atoms with Crippen molar-refractivity contribution in [1.29, 1.82) is 0 Å². The lowest BCUT2D eigenvalue weighted by molar-refractivity contribution is -0.160. The van der Waals surface area contributed by atoms with Crippen molar-refractivity contribution >= 4 is 24.9 Å². The summed E-state index contributed by atoms with van der Waals surface area (Å²) < 4.78 is 36.7. The number of hydrogen-bond donors (Lipinski definition) is 1. The van der Waals surface area contributed by atoms with Crippen LogP contribution in [0.4, 0.5) is 14.5 Å². The highest BCUT2D eigenvalue weighted by Gasteiger charge is 2.18. The molecule has 1 atom stereocenters. The highest BCUT2D eigenvalue weighted by molar-refractivity contribution is 7.45. The molecule has 2 rings (SSSR count). The van der Waals surface area contributed by atoms with Crippen LogP contribution in [0.3, 0.4) is 0 Å². The SMILES string of the molecule is O=C(Nc1ccc(F)cc1)c1ccc(F)c([P+](=O)[O-])c1. The molecule has 1 unspecified atom stereocenters. The fraction of sp³-hybridized carbons (Fsp3) is 0. The quantitative estimate of drug-likeness (QED) is 0.880. The molecule has 2 aromatic carbocycles. The Kier molecular flexibility index (Phi) is 4.17. The Labute approximate surface area is 113 Å². The fourth-order valence-electron chi connectivity index (χ4n) is 1.53. The molecule has 0 aliphatic rings. The van der Waals surface area contributed by atoms with Crippen molar-refractivity contribution in [3.8, 4) is 0 Å². The molecule has 1 amide bonds. The number of hydrogen-bond acceptors (Lipinski definition) is 3. The molecule has 0 heterocycles. The molecule has 0 aromatic heterocycles. The van der Waals surface area contributed by atoms with Gasteiger partial charge in [0.25, 0.3) is 5.91 Å². The van der Waals surface area contributed by atoms with Crippen molar-refractivity contribution in [1.82, 2.24) is 0 Å². The Hall–Kier alpha value is -2.17. The number of nitrogens with one attached hydrogen (secondary N) is 1. The van der Waals surface area contributed by atoms with E-state index in [1.165, 1.54) is 24.3 Å². The molecule has 0 bridgehead atoms. The largest absolute Gasteiger partial charge is 0.591 e. The minimum absolute atomic E-state index is 0.00933. The second kappa shape index (κ2) is 5.86. The van der Waals surface area contributed by atoms with E-state index in [-0.39, 0.29) is 5.56 Å². The summed E-state index contributed by atoms with van der Waals surface area (Å²) in [5.41, 5.74) is 0.332. The summed E-state index contributed by atoms with van der Waals surface area (Å²) in [6.45, 7) is 0. The van der Waals surface area contributed by atoms with Crippen LogP contribution in [0.5, 0.6) is 0 Å². The van der Waals surface area contributed by atoms with Crippen LogP contribution in [0.1, 0.15) is 10.4 Å². The molecule has 20 heavy (non-hydrogen) atoms. The van der Waals surface area contributed by atoms with Crippen LogP contribution in [0.2, 0.25) is 0 Å². The van der Waals surface area contributed by atoms with Crippen LogP contribution < -0.4 is 15.5 Å². The minimum Gasteiger partial charge on any atom is -0.591 e. The summed E-state index contributed by atoms with van der Waals surface area (Å²) in [7, 11) is -3.13. The summed E-state index contributed by atoms with van der Waals surface area (Å²) >= 11 is 0. The molecule has 1 N–H and O–H groups in total. The number of amides is 1. The molecule has 0 spiro atoms. The third-order valence-electron chi connectivity index (χ3n) is 2.51. The molecule has 0 radical (unpaired) electrons. The molecule has 102 valence electrons. The normalized spacial score (nSPS) is 11.1. The molecule has 0 fully saturated rings. The van der Waals surface area contributed by atoms with E-state index in [2.05, 4.69) is 5.32 Å². The Morgan fingerprint density at radius 3 is 2.35 bits per heavy atom. The number of halogens is 2. The maximum atomic E-state index is 13.2. The summed E-state index contributed by atoms with van der Waals surface area (Å²) in [6.07, 6.45) is 0. The molecule has 0 saturated heterocycles. The summed E-state index contributed by atoms with van der Waals surface area (Å²) in [4.78, 5) is 22.7. The van der Waals surface area contributed by atoms with Crippen molar-refractivity contribution in [3.05, 3.63) is 59.7 Å². The highest BCUT2D eigenvalue weighted by atomic mass is 31.1. The van der Waals surface area contributed by atoms with E-state index < -0.39 is 30.9 Å². The van der Waals surface area contributed by atoms with Gasteiger partial charge in [0.15, 0.2) is 5.82 Å². The van der Waals surface area contributed by atoms with Gasteiger partial charge in [0.2, 0.25) is 5.30 Å². The van der Waals surface area contributed by atoms with E-state index in [0.717, 1.165) is 18.2 Å². The van der Waals surface area contributed by atoms with Crippen LogP contribution >= 0.6 is 8.03 Å². The van der Waals surface area contributed by atoms with Gasteiger partial charge in [-0.15, -0.1) is 0 Å². The van der Waals surface area contributed by atoms with Gasteiger partial charge in [-0.05, 0) is 36.4 Å². The molecule has 2 aromatic rings. The maximum Gasteiger partial charge on any atom is 0.351 e. The lowest BCUT2D eigenvalue weighted by Gasteiger charge is -2.05. The standard InChI is InChI=1S/C13H8F2NO3P/c14-9-2-4-10(5-3-9)16-13(17)8-1-6-11(15)12(7-8)20(18)19/h1-7H,(H,16,17). The third-order valence-corrected chi connectivity index (χ3v) is 3.24. The van der Waals surface area contributed by atoms with Gasteiger partial charge in [-0.2, -0.15) is 0 Å². The maximum absolute atomic E-state index is 13.2. The lowest BCUT2D eigenvalue weighted by Crippen LogP contribution is -2.16. The predicted molar refractivity (Wildman–Crippen MR) is 68.0 cm³/mol. The number of carbonyl (C=O) groups excluding carboxylic acids is 1. The van der Waals surface area contributed by atoms with Crippen LogP contribution in [0.15, 0.2) is 42.5 Å². The summed E-state index contributed by atoms with van der Waals surface area (Å²) in [6, 6.07) is 8.05. The molecule has 0 saturated carbocycles. The van der Waals surface area contributed by atoms with Crippen LogP contribution in [0, 0.1) is 11.6 Å². The average Bonchev–Trinajstić information content (AvgIpc) is 2.41. The van der Waals surface area contributed by atoms with Crippen molar-refractivity contribution in [2.24, 2.45) is 0 Å². The molecular weight excluding hydrogens is 287 g/mol. The first-order valence-electron chi connectivity index (χ1n) is 5.48. The zero-order valence-corrected chi connectivity index (χ0v) is 10.9. The smallest absolute Gasteiger partial charge is 0.351 e. The lowest BCUT2D eigenvalue weighted by atomic mass is 10.2. The zero-order valence-electron chi connectivity index (χ0n) is 9.97. The second-order valence-electron chi connectivity index (χ2n) is 3.88. The van der Waals surface area contributed by atoms with Crippen molar-refractivity contribution in [2.45, 2.75) is 0 Å². The number of benzene rings is 2. The van der Waals surface area contributed by atoms with Gasteiger partial charge < -0.3 is 10.2 Å². The zero-order chi connectivity index (χ0) is 14.7. The van der Waals surface area contributed by atoms with E-state index >= 15 is 0 Å². The van der Waals surface area contributed by atoms with Gasteiger partial charge in [-0.25, -0.2) is 8.78 Å². The minimum atomic E-state index is -3.13. The van der Waals surface area contributed by atoms with Crippen LogP contribution in [-0.4, -0.2) is 5.91 Å². The Bertz CT molecular complexity index is 674. The van der Waals surface area contributed by atoms with Crippen LogP contribution in [-0.2, 0) is 4.57 Å². The monoisotopic (exact) mass is 295 g/mol. The van der Waals surface area contributed by atoms with Crippen molar-refractivity contribution in [3.63, 3.8) is 0 Å². The van der Waals surface area contributed by atoms with Gasteiger partial charge in [-0.1, -0.05) is 4.57 Å². The topological polar surface area (TPSA) is 69.2 Å². The number of rotatable bonds is 3. The summed E-state index contributed by atoms with van der Waals surface area (Å²) in [5, 5.41) is 1.90. The number of carbonyl (C=O) groups is 1. The first kappa shape index (κ1) is 14.2. The number of anilines is 1. The van der Waals surface area contributed by atoms with Gasteiger partial charge >= 0.3 is 8.03 Å². The third kappa shape index (κ3) is 3.23. The highest BCUT2D eigenvalue weighted by Crippen LogP contribution is 2.15. The fourth-order valence-corrected chi connectivity index (χ4v) is 2.02. The van der Waals surface area contributed by atoms with Crippen LogP contribution in [0.25, 0.3) is 0 Å². The van der Waals surface area contributed by atoms with Crippen molar-refractivity contribution < 1.29 is 23.0 Å². The molecule has 7 heteroatoms. The van der Waals surface area contributed by atoms with E-state index in [9.17, 15) is 23.0 Å². The molecular formula is C13H8F2NO3P. The Morgan fingerprint density at radius 2 is 1.75 bits per heavy atom. The van der Waals surface area contributed by atoms with E-state index in [4.69, 9.17) is 0 Å². The van der Waals surface area contributed by atoms with Crippen molar-refractivity contribution in [2.75, 3.05) is 5.32 Å². The summed E-state index contributed by atoms with van der Waals surface area (Å²) in [5.74, 6) is -1.98. The Balaban J connectivity index is 2.23. The second-order valence-corrected chi connectivity index (χ2v) is 4.88. The van der Waals surface area contributed by atoms with Gasteiger partial charge in [0.05, 0.1) is 0 Å². The van der Waals surface area contributed by atoms with Gasteiger partial charge in [0, 0.05) is 17.3 Å². The average molecular weight is 295 g/mol. The van der Waals surface area contributed by atoms with E-state index in [1.807, 2.05) is 0 Å². The predicted octanol–water partition coefficient (Wildman–Crippen LogP) is 1.95.